The summed E-state index contributed by atoms with van der Waals surface area (Å²) in [7, 11) is 0. The fraction of sp³-hybridized carbons (Fsp3) is 0.471. The average Bonchev–Trinajstić information content (AvgIpc) is 2.63. The van der Waals surface area contributed by atoms with Gasteiger partial charge in [-0.1, -0.05) is 36.4 Å². The van der Waals surface area contributed by atoms with Crippen LogP contribution < -0.4 is 0 Å². The third-order valence-electron chi connectivity index (χ3n) is 3.15. The summed E-state index contributed by atoms with van der Waals surface area (Å²) in [6, 6.07) is 10.0. The van der Waals surface area contributed by atoms with Gasteiger partial charge >= 0.3 is 6.09 Å². The number of hydrogen-bond acceptors (Lipinski definition) is 2. The van der Waals surface area contributed by atoms with Crippen LogP contribution in [0, 0.1) is 0 Å². The van der Waals surface area contributed by atoms with Crippen molar-refractivity contribution in [3.8, 4) is 0 Å². The Balaban J connectivity index is 2.26. The zero-order valence-electron chi connectivity index (χ0n) is 12.6. The van der Waals surface area contributed by atoms with Crippen LogP contribution in [-0.4, -0.2) is 23.1 Å². The van der Waals surface area contributed by atoms with Crippen LogP contribution in [0.2, 0.25) is 0 Å². The molecule has 1 aromatic carbocycles. The zero-order chi connectivity index (χ0) is 14.6. The molecule has 1 aliphatic rings. The summed E-state index contributed by atoms with van der Waals surface area (Å²) in [6.07, 6.45) is 5.01. The van der Waals surface area contributed by atoms with Crippen molar-refractivity contribution in [2.24, 2.45) is 0 Å². The van der Waals surface area contributed by atoms with Gasteiger partial charge in [-0.15, -0.1) is 0 Å². The van der Waals surface area contributed by atoms with E-state index in [9.17, 15) is 4.79 Å². The van der Waals surface area contributed by atoms with Crippen molar-refractivity contribution < 1.29 is 9.53 Å². The Hall–Kier alpha value is -1.77. The molecule has 0 N–H and O–H groups in total. The maximum atomic E-state index is 12.4. The van der Waals surface area contributed by atoms with E-state index in [1.54, 1.807) is 4.90 Å². The van der Waals surface area contributed by atoms with Gasteiger partial charge in [0, 0.05) is 6.54 Å². The molecule has 3 heteroatoms. The molecule has 20 heavy (non-hydrogen) atoms. The smallest absolute Gasteiger partial charge is 0.414 e. The number of amides is 1. The lowest BCUT2D eigenvalue weighted by Gasteiger charge is -2.28. The minimum atomic E-state index is -0.467. The van der Waals surface area contributed by atoms with E-state index in [0.717, 1.165) is 37.1 Å². The standard InChI is InChI=1S/C17H23NO2/c1-17(2,3)20-16(19)18-13-9-5-8-12-15(18)14-10-6-4-7-11-14/h4,6-7,10-12H,5,8-9,13H2,1-3H3. The number of carbonyl (C=O) groups is 1. The van der Waals surface area contributed by atoms with Gasteiger partial charge in [-0.25, -0.2) is 4.79 Å². The van der Waals surface area contributed by atoms with Crippen LogP contribution in [0.1, 0.15) is 45.6 Å². The predicted molar refractivity (Wildman–Crippen MR) is 81.2 cm³/mol. The second kappa shape index (κ2) is 6.12. The maximum absolute atomic E-state index is 12.4. The van der Waals surface area contributed by atoms with Gasteiger partial charge in [-0.2, -0.15) is 0 Å². The number of rotatable bonds is 1. The third kappa shape index (κ3) is 3.86. The number of allylic oxidation sites excluding steroid dienone is 1. The molecule has 0 saturated heterocycles. The fourth-order valence-corrected chi connectivity index (χ4v) is 2.27. The SMILES string of the molecule is CC(C)(C)OC(=O)N1CCCCC=C1c1ccccc1. The molecule has 1 aliphatic heterocycles. The summed E-state index contributed by atoms with van der Waals surface area (Å²) in [6.45, 7) is 6.41. The Morgan fingerprint density at radius 1 is 1.15 bits per heavy atom. The third-order valence-corrected chi connectivity index (χ3v) is 3.15. The molecular weight excluding hydrogens is 250 g/mol. The first-order valence-electron chi connectivity index (χ1n) is 7.23. The highest BCUT2D eigenvalue weighted by Gasteiger charge is 2.26. The van der Waals surface area contributed by atoms with E-state index in [-0.39, 0.29) is 6.09 Å². The molecule has 0 aromatic heterocycles. The van der Waals surface area contributed by atoms with Gasteiger partial charge in [0.15, 0.2) is 0 Å². The first-order valence-corrected chi connectivity index (χ1v) is 7.23. The molecule has 0 spiro atoms. The van der Waals surface area contributed by atoms with Crippen LogP contribution in [0.15, 0.2) is 36.4 Å². The van der Waals surface area contributed by atoms with E-state index in [4.69, 9.17) is 4.74 Å². The monoisotopic (exact) mass is 273 g/mol. The molecule has 0 fully saturated rings. The van der Waals surface area contributed by atoms with Crippen LogP contribution in [0.5, 0.6) is 0 Å². The largest absolute Gasteiger partial charge is 0.443 e. The molecular formula is C17H23NO2. The molecule has 108 valence electrons. The van der Waals surface area contributed by atoms with Crippen molar-refractivity contribution in [3.63, 3.8) is 0 Å². The lowest BCUT2D eigenvalue weighted by molar-refractivity contribution is 0.0354. The molecule has 1 amide bonds. The summed E-state index contributed by atoms with van der Waals surface area (Å²) in [5.74, 6) is 0. The van der Waals surface area contributed by atoms with E-state index in [1.807, 2.05) is 51.1 Å². The molecule has 1 aromatic rings. The van der Waals surface area contributed by atoms with Crippen molar-refractivity contribution in [3.05, 3.63) is 42.0 Å². The first kappa shape index (κ1) is 14.6. The number of benzene rings is 1. The molecule has 0 radical (unpaired) electrons. The Morgan fingerprint density at radius 2 is 1.85 bits per heavy atom. The van der Waals surface area contributed by atoms with Crippen LogP contribution in [0.3, 0.4) is 0 Å². The van der Waals surface area contributed by atoms with Crippen LogP contribution >= 0.6 is 0 Å². The second-order valence-corrected chi connectivity index (χ2v) is 6.08. The van der Waals surface area contributed by atoms with Gasteiger partial charge in [0.2, 0.25) is 0 Å². The van der Waals surface area contributed by atoms with Crippen LogP contribution in [-0.2, 0) is 4.74 Å². The minimum absolute atomic E-state index is 0.255. The maximum Gasteiger partial charge on any atom is 0.414 e. The highest BCUT2D eigenvalue weighted by atomic mass is 16.6. The number of carbonyl (C=O) groups excluding carboxylic acids is 1. The van der Waals surface area contributed by atoms with Crippen molar-refractivity contribution in [1.82, 2.24) is 4.90 Å². The Labute approximate surface area is 121 Å². The highest BCUT2D eigenvalue weighted by molar-refractivity contribution is 5.82. The quantitative estimate of drug-likeness (QED) is 0.756. The number of ether oxygens (including phenoxy) is 1. The van der Waals surface area contributed by atoms with Crippen molar-refractivity contribution >= 4 is 11.8 Å². The molecule has 0 atom stereocenters. The second-order valence-electron chi connectivity index (χ2n) is 6.08. The summed E-state index contributed by atoms with van der Waals surface area (Å²) in [4.78, 5) is 14.2. The Morgan fingerprint density at radius 3 is 2.50 bits per heavy atom. The van der Waals surface area contributed by atoms with Crippen molar-refractivity contribution in [2.45, 2.75) is 45.6 Å². The molecule has 0 unspecified atom stereocenters. The van der Waals surface area contributed by atoms with Gasteiger partial charge in [-0.05, 0) is 45.6 Å². The van der Waals surface area contributed by atoms with E-state index in [0.29, 0.717) is 0 Å². The van der Waals surface area contributed by atoms with E-state index in [2.05, 4.69) is 6.08 Å². The minimum Gasteiger partial charge on any atom is -0.443 e. The van der Waals surface area contributed by atoms with E-state index >= 15 is 0 Å². The highest BCUT2D eigenvalue weighted by Crippen LogP contribution is 2.26. The lowest BCUT2D eigenvalue weighted by Crippen LogP contribution is -2.36. The summed E-state index contributed by atoms with van der Waals surface area (Å²) < 4.78 is 5.53. The molecule has 0 saturated carbocycles. The van der Waals surface area contributed by atoms with Gasteiger partial charge in [0.1, 0.15) is 5.60 Å². The van der Waals surface area contributed by atoms with Gasteiger partial charge in [0.25, 0.3) is 0 Å². The molecule has 3 nitrogen and oxygen atoms in total. The lowest BCUT2D eigenvalue weighted by atomic mass is 10.1. The predicted octanol–water partition coefficient (Wildman–Crippen LogP) is 4.45. The summed E-state index contributed by atoms with van der Waals surface area (Å²) >= 11 is 0. The van der Waals surface area contributed by atoms with E-state index < -0.39 is 5.60 Å². The van der Waals surface area contributed by atoms with Gasteiger partial charge < -0.3 is 4.74 Å². The molecule has 1 heterocycles. The van der Waals surface area contributed by atoms with Gasteiger partial charge in [0.05, 0.1) is 5.70 Å². The Kier molecular flexibility index (Phi) is 4.48. The summed E-state index contributed by atoms with van der Waals surface area (Å²) in [5, 5.41) is 0. The van der Waals surface area contributed by atoms with Crippen LogP contribution in [0.25, 0.3) is 5.70 Å². The number of nitrogens with zero attached hydrogens (tertiary/aromatic N) is 1. The fourth-order valence-electron chi connectivity index (χ4n) is 2.27. The molecule has 0 aliphatic carbocycles. The van der Waals surface area contributed by atoms with Gasteiger partial charge in [-0.3, -0.25) is 4.90 Å². The van der Waals surface area contributed by atoms with Crippen molar-refractivity contribution in [2.75, 3.05) is 6.54 Å². The molecule has 0 bridgehead atoms. The van der Waals surface area contributed by atoms with Crippen LogP contribution in [0.4, 0.5) is 4.79 Å². The average molecular weight is 273 g/mol. The number of hydrogen-bond donors (Lipinski definition) is 0. The topological polar surface area (TPSA) is 29.5 Å². The summed E-state index contributed by atoms with van der Waals surface area (Å²) in [5.41, 5.74) is 1.57. The Bertz CT molecular complexity index is 485. The molecule has 2 rings (SSSR count). The van der Waals surface area contributed by atoms with E-state index in [1.165, 1.54) is 0 Å². The van der Waals surface area contributed by atoms with Crippen molar-refractivity contribution in [1.29, 1.82) is 0 Å². The first-order chi connectivity index (χ1) is 9.47. The normalized spacial score (nSPS) is 16.4. The zero-order valence-corrected chi connectivity index (χ0v) is 12.6.